The van der Waals surface area contributed by atoms with Gasteiger partial charge in [0.25, 0.3) is 0 Å². The van der Waals surface area contributed by atoms with Crippen molar-refractivity contribution in [3.05, 3.63) is 0 Å². The molecule has 1 atom stereocenters. The molecule has 3 N–H and O–H groups in total. The molecule has 0 radical (unpaired) electrons. The molecule has 0 bridgehead atoms. The fourth-order valence-electron chi connectivity index (χ4n) is 1.51. The summed E-state index contributed by atoms with van der Waals surface area (Å²) < 4.78 is 4.77. The molecular weight excluding hydrogens is 228 g/mol. The monoisotopic (exact) mass is 244 g/mol. The van der Waals surface area contributed by atoms with E-state index in [1.165, 1.54) is 0 Å². The van der Waals surface area contributed by atoms with E-state index in [1.807, 2.05) is 0 Å². The van der Waals surface area contributed by atoms with Crippen molar-refractivity contribution in [3.63, 3.8) is 0 Å². The summed E-state index contributed by atoms with van der Waals surface area (Å²) in [6.07, 6.45) is 0.918. The third kappa shape index (κ3) is 5.30. The lowest BCUT2D eigenvalue weighted by atomic mass is 9.98. The van der Waals surface area contributed by atoms with Crippen LogP contribution in [0.15, 0.2) is 0 Å². The molecule has 1 unspecified atom stereocenters. The second kappa shape index (κ2) is 6.85. The zero-order valence-corrected chi connectivity index (χ0v) is 9.40. The van der Waals surface area contributed by atoms with Gasteiger partial charge in [-0.3, -0.25) is 9.59 Å². The molecule has 1 aliphatic rings. The van der Waals surface area contributed by atoms with Gasteiger partial charge in [0.15, 0.2) is 0 Å². The van der Waals surface area contributed by atoms with Crippen LogP contribution >= 0.6 is 0 Å². The van der Waals surface area contributed by atoms with Crippen LogP contribution in [0.5, 0.6) is 0 Å². The molecule has 7 heteroatoms. The molecule has 1 aliphatic heterocycles. The Balaban J connectivity index is 2.08. The molecule has 0 aliphatic carbocycles. The van der Waals surface area contributed by atoms with E-state index in [2.05, 4.69) is 10.6 Å². The van der Waals surface area contributed by atoms with Gasteiger partial charge in [0.1, 0.15) is 6.61 Å². The SMILES string of the molecule is O=C(O)COCCNC(=O)C1CCC(=O)NC1. The third-order valence-electron chi connectivity index (χ3n) is 2.41. The number of carboxylic acid groups (broad SMARTS) is 1. The second-order valence-electron chi connectivity index (χ2n) is 3.78. The molecule has 17 heavy (non-hydrogen) atoms. The first-order chi connectivity index (χ1) is 8.09. The van der Waals surface area contributed by atoms with Crippen LogP contribution in [-0.2, 0) is 19.1 Å². The molecular formula is C10H16N2O5. The fourth-order valence-corrected chi connectivity index (χ4v) is 1.51. The summed E-state index contributed by atoms with van der Waals surface area (Å²) in [4.78, 5) is 32.6. The number of carboxylic acids is 1. The number of aliphatic carboxylic acids is 1. The Kier molecular flexibility index (Phi) is 5.41. The van der Waals surface area contributed by atoms with Crippen LogP contribution in [0.2, 0.25) is 0 Å². The van der Waals surface area contributed by atoms with Gasteiger partial charge < -0.3 is 20.5 Å². The molecule has 0 aromatic heterocycles. The van der Waals surface area contributed by atoms with E-state index in [1.54, 1.807) is 0 Å². The summed E-state index contributed by atoms with van der Waals surface area (Å²) >= 11 is 0. The first kappa shape index (κ1) is 13.4. The van der Waals surface area contributed by atoms with Gasteiger partial charge in [-0.15, -0.1) is 0 Å². The lowest BCUT2D eigenvalue weighted by molar-refractivity contribution is -0.142. The third-order valence-corrected chi connectivity index (χ3v) is 2.41. The summed E-state index contributed by atoms with van der Waals surface area (Å²) in [5, 5.41) is 13.6. The van der Waals surface area contributed by atoms with Gasteiger partial charge in [-0.25, -0.2) is 4.79 Å². The highest BCUT2D eigenvalue weighted by molar-refractivity contribution is 5.83. The minimum Gasteiger partial charge on any atom is -0.480 e. The van der Waals surface area contributed by atoms with Crippen LogP contribution in [0, 0.1) is 5.92 Å². The lowest BCUT2D eigenvalue weighted by Gasteiger charge is -2.21. The number of piperidine rings is 1. The van der Waals surface area contributed by atoms with E-state index in [0.717, 1.165) is 0 Å². The van der Waals surface area contributed by atoms with Crippen LogP contribution in [0.4, 0.5) is 0 Å². The second-order valence-corrected chi connectivity index (χ2v) is 3.78. The number of carbonyl (C=O) groups is 3. The number of hydrogen-bond donors (Lipinski definition) is 3. The predicted molar refractivity (Wildman–Crippen MR) is 57.2 cm³/mol. The van der Waals surface area contributed by atoms with Crippen molar-refractivity contribution in [2.75, 3.05) is 26.3 Å². The van der Waals surface area contributed by atoms with Gasteiger partial charge in [-0.2, -0.15) is 0 Å². The number of amides is 2. The normalized spacial score (nSPS) is 19.5. The van der Waals surface area contributed by atoms with Gasteiger partial charge in [0.2, 0.25) is 11.8 Å². The molecule has 2 amide bonds. The summed E-state index contributed by atoms with van der Waals surface area (Å²) in [7, 11) is 0. The van der Waals surface area contributed by atoms with Gasteiger partial charge in [0.05, 0.1) is 12.5 Å². The maximum absolute atomic E-state index is 11.6. The zero-order valence-electron chi connectivity index (χ0n) is 9.40. The average Bonchev–Trinajstić information content (AvgIpc) is 2.29. The average molecular weight is 244 g/mol. The first-order valence-corrected chi connectivity index (χ1v) is 5.43. The number of nitrogens with one attached hydrogen (secondary N) is 2. The highest BCUT2D eigenvalue weighted by Crippen LogP contribution is 2.10. The largest absolute Gasteiger partial charge is 0.480 e. The Bertz CT molecular complexity index is 295. The number of hydrogen-bond acceptors (Lipinski definition) is 4. The minimum absolute atomic E-state index is 0.0289. The molecule has 7 nitrogen and oxygen atoms in total. The summed E-state index contributed by atoms with van der Waals surface area (Å²) in [5.41, 5.74) is 0. The Hall–Kier alpha value is -1.63. The highest BCUT2D eigenvalue weighted by atomic mass is 16.5. The minimum atomic E-state index is -1.04. The molecule has 0 aromatic carbocycles. The smallest absolute Gasteiger partial charge is 0.329 e. The van der Waals surface area contributed by atoms with Crippen molar-refractivity contribution < 1.29 is 24.2 Å². The number of carbonyl (C=O) groups excluding carboxylic acids is 2. The quantitative estimate of drug-likeness (QED) is 0.505. The molecule has 0 spiro atoms. The Morgan fingerprint density at radius 3 is 2.88 bits per heavy atom. The van der Waals surface area contributed by atoms with Crippen molar-refractivity contribution in [3.8, 4) is 0 Å². The summed E-state index contributed by atoms with van der Waals surface area (Å²) in [6.45, 7) is 0.434. The van der Waals surface area contributed by atoms with Crippen LogP contribution in [-0.4, -0.2) is 49.2 Å². The molecule has 0 aromatic rings. The van der Waals surface area contributed by atoms with Gasteiger partial charge in [-0.05, 0) is 6.42 Å². The maximum Gasteiger partial charge on any atom is 0.329 e. The van der Waals surface area contributed by atoms with E-state index >= 15 is 0 Å². The fraction of sp³-hybridized carbons (Fsp3) is 0.700. The topological polar surface area (TPSA) is 105 Å². The summed E-state index contributed by atoms with van der Waals surface area (Å²) in [6, 6.07) is 0. The van der Waals surface area contributed by atoms with Gasteiger partial charge >= 0.3 is 5.97 Å². The Labute approximate surface area is 98.5 Å². The molecule has 1 heterocycles. The van der Waals surface area contributed by atoms with Crippen molar-refractivity contribution in [1.82, 2.24) is 10.6 Å². The molecule has 1 rings (SSSR count). The Morgan fingerprint density at radius 2 is 2.29 bits per heavy atom. The van der Waals surface area contributed by atoms with E-state index in [9.17, 15) is 14.4 Å². The highest BCUT2D eigenvalue weighted by Gasteiger charge is 2.23. The Morgan fingerprint density at radius 1 is 1.53 bits per heavy atom. The standard InChI is InChI=1S/C10H16N2O5/c13-8-2-1-7(5-12-8)10(16)11-3-4-17-6-9(14)15/h7H,1-6H2,(H,11,16)(H,12,13)(H,14,15). The van der Waals surface area contributed by atoms with E-state index in [0.29, 0.717) is 19.4 Å². The lowest BCUT2D eigenvalue weighted by Crippen LogP contribution is -2.43. The van der Waals surface area contributed by atoms with E-state index in [-0.39, 0.29) is 37.5 Å². The number of ether oxygens (including phenoxy) is 1. The van der Waals surface area contributed by atoms with Crippen molar-refractivity contribution >= 4 is 17.8 Å². The first-order valence-electron chi connectivity index (χ1n) is 5.43. The van der Waals surface area contributed by atoms with E-state index < -0.39 is 5.97 Å². The van der Waals surface area contributed by atoms with Crippen molar-refractivity contribution in [2.45, 2.75) is 12.8 Å². The van der Waals surface area contributed by atoms with E-state index in [4.69, 9.17) is 9.84 Å². The summed E-state index contributed by atoms with van der Waals surface area (Å²) in [5.74, 6) is -1.40. The zero-order chi connectivity index (χ0) is 12.7. The molecule has 0 saturated carbocycles. The van der Waals surface area contributed by atoms with Gasteiger partial charge in [-0.1, -0.05) is 0 Å². The van der Waals surface area contributed by atoms with Crippen LogP contribution < -0.4 is 10.6 Å². The van der Waals surface area contributed by atoms with Crippen LogP contribution in [0.1, 0.15) is 12.8 Å². The maximum atomic E-state index is 11.6. The molecule has 1 saturated heterocycles. The van der Waals surface area contributed by atoms with Crippen molar-refractivity contribution in [1.29, 1.82) is 0 Å². The molecule has 1 fully saturated rings. The molecule has 96 valence electrons. The van der Waals surface area contributed by atoms with Crippen LogP contribution in [0.25, 0.3) is 0 Å². The van der Waals surface area contributed by atoms with Crippen molar-refractivity contribution in [2.24, 2.45) is 5.92 Å². The number of rotatable bonds is 6. The van der Waals surface area contributed by atoms with Crippen LogP contribution in [0.3, 0.4) is 0 Å². The van der Waals surface area contributed by atoms with Gasteiger partial charge in [0, 0.05) is 19.5 Å². The predicted octanol–water partition coefficient (Wildman–Crippen LogP) is -1.27.